The van der Waals surface area contributed by atoms with Crippen LogP contribution in [0, 0.1) is 5.82 Å². The molecule has 1 spiro atoms. The van der Waals surface area contributed by atoms with E-state index < -0.39 is 23.6 Å². The number of nitrogens with one attached hydrogen (secondary N) is 1. The molecule has 0 radical (unpaired) electrons. The Morgan fingerprint density at radius 1 is 1.52 bits per heavy atom. The molecule has 1 aromatic carbocycles. The molecule has 2 amide bonds. The zero-order valence-corrected chi connectivity index (χ0v) is 12.8. The Morgan fingerprint density at radius 2 is 2.30 bits per heavy atom. The SMILES string of the molecule is CC1CC2(CCN1C(=O)Oc1cccc(F)c1)NC(=O)CC2O. The molecule has 6 nitrogen and oxygen atoms in total. The quantitative estimate of drug-likeness (QED) is 0.820. The Labute approximate surface area is 133 Å². The van der Waals surface area contributed by atoms with E-state index >= 15 is 0 Å². The van der Waals surface area contributed by atoms with Gasteiger partial charge in [0, 0.05) is 18.7 Å². The van der Waals surface area contributed by atoms with E-state index in [-0.39, 0.29) is 24.1 Å². The average molecular weight is 322 g/mol. The Morgan fingerprint density at radius 3 is 2.91 bits per heavy atom. The number of nitrogens with zero attached hydrogens (tertiary/aromatic N) is 1. The van der Waals surface area contributed by atoms with E-state index in [1.807, 2.05) is 6.92 Å². The summed E-state index contributed by atoms with van der Waals surface area (Å²) in [7, 11) is 0. The van der Waals surface area contributed by atoms with Crippen molar-refractivity contribution in [2.75, 3.05) is 6.54 Å². The predicted molar refractivity (Wildman–Crippen MR) is 79.3 cm³/mol. The van der Waals surface area contributed by atoms with Crippen molar-refractivity contribution in [1.82, 2.24) is 10.2 Å². The van der Waals surface area contributed by atoms with Crippen LogP contribution in [-0.2, 0) is 4.79 Å². The second-order valence-electron chi connectivity index (χ2n) is 6.25. The molecular formula is C16H19FN2O4. The second-order valence-corrected chi connectivity index (χ2v) is 6.25. The Bertz CT molecular complexity index is 638. The van der Waals surface area contributed by atoms with Crippen molar-refractivity contribution in [2.45, 2.75) is 43.9 Å². The van der Waals surface area contributed by atoms with Crippen LogP contribution in [0.25, 0.3) is 0 Å². The highest BCUT2D eigenvalue weighted by molar-refractivity contribution is 5.80. The molecule has 3 atom stereocenters. The number of carbonyl (C=O) groups is 2. The standard InChI is InChI=1S/C16H19FN2O4/c1-10-9-16(13(20)8-14(21)18-16)5-6-19(10)15(22)23-12-4-2-3-11(17)7-12/h2-4,7,10,13,20H,5-6,8-9H2,1H3,(H,18,21). The molecule has 2 aliphatic rings. The summed E-state index contributed by atoms with van der Waals surface area (Å²) in [6.45, 7) is 2.19. The molecule has 0 aromatic heterocycles. The Hall–Kier alpha value is -2.15. The molecule has 124 valence electrons. The minimum absolute atomic E-state index is 0.0977. The van der Waals surface area contributed by atoms with E-state index in [0.717, 1.165) is 6.07 Å². The molecule has 2 fully saturated rings. The van der Waals surface area contributed by atoms with E-state index in [2.05, 4.69) is 5.32 Å². The summed E-state index contributed by atoms with van der Waals surface area (Å²) in [5.41, 5.74) is -0.661. The summed E-state index contributed by atoms with van der Waals surface area (Å²) in [4.78, 5) is 25.3. The molecule has 3 unspecified atom stereocenters. The van der Waals surface area contributed by atoms with Crippen molar-refractivity contribution >= 4 is 12.0 Å². The van der Waals surface area contributed by atoms with Crippen molar-refractivity contribution in [3.63, 3.8) is 0 Å². The minimum Gasteiger partial charge on any atom is -0.410 e. The summed E-state index contributed by atoms with van der Waals surface area (Å²) in [6.07, 6.45) is -0.281. The highest BCUT2D eigenvalue weighted by atomic mass is 19.1. The number of aliphatic hydroxyl groups is 1. The van der Waals surface area contributed by atoms with Crippen molar-refractivity contribution in [2.24, 2.45) is 0 Å². The number of amides is 2. The smallest absolute Gasteiger partial charge is 0.410 e. The number of benzene rings is 1. The Balaban J connectivity index is 1.66. The van der Waals surface area contributed by atoms with Crippen LogP contribution in [0.4, 0.5) is 9.18 Å². The predicted octanol–water partition coefficient (Wildman–Crippen LogP) is 1.43. The van der Waals surface area contributed by atoms with Gasteiger partial charge in [0.2, 0.25) is 5.91 Å². The van der Waals surface area contributed by atoms with Crippen LogP contribution in [0.5, 0.6) is 5.75 Å². The van der Waals surface area contributed by atoms with Crippen molar-refractivity contribution < 1.29 is 23.8 Å². The van der Waals surface area contributed by atoms with Gasteiger partial charge in [-0.05, 0) is 31.9 Å². The molecule has 2 aliphatic heterocycles. The van der Waals surface area contributed by atoms with Crippen LogP contribution in [0.15, 0.2) is 24.3 Å². The molecule has 0 bridgehead atoms. The monoisotopic (exact) mass is 322 g/mol. The summed E-state index contributed by atoms with van der Waals surface area (Å²) >= 11 is 0. The zero-order chi connectivity index (χ0) is 16.6. The number of likely N-dealkylation sites (tertiary alicyclic amines) is 1. The maximum absolute atomic E-state index is 13.1. The molecule has 2 saturated heterocycles. The van der Waals surface area contributed by atoms with Crippen LogP contribution >= 0.6 is 0 Å². The zero-order valence-electron chi connectivity index (χ0n) is 12.8. The van der Waals surface area contributed by atoms with E-state index in [1.54, 1.807) is 0 Å². The first-order valence-corrected chi connectivity index (χ1v) is 7.63. The van der Waals surface area contributed by atoms with E-state index in [9.17, 15) is 19.1 Å². The van der Waals surface area contributed by atoms with Gasteiger partial charge in [-0.1, -0.05) is 6.07 Å². The highest BCUT2D eigenvalue weighted by Crippen LogP contribution is 2.35. The van der Waals surface area contributed by atoms with Crippen molar-refractivity contribution in [1.29, 1.82) is 0 Å². The van der Waals surface area contributed by atoms with Gasteiger partial charge < -0.3 is 20.1 Å². The molecule has 7 heteroatoms. The largest absolute Gasteiger partial charge is 0.415 e. The number of piperidine rings is 1. The van der Waals surface area contributed by atoms with Gasteiger partial charge in [-0.3, -0.25) is 4.79 Å². The third-order valence-electron chi connectivity index (χ3n) is 4.63. The lowest BCUT2D eigenvalue weighted by atomic mass is 9.81. The van der Waals surface area contributed by atoms with Gasteiger partial charge in [0.15, 0.2) is 0 Å². The first-order chi connectivity index (χ1) is 10.9. The van der Waals surface area contributed by atoms with E-state index in [1.165, 1.54) is 23.1 Å². The molecular weight excluding hydrogens is 303 g/mol. The molecule has 23 heavy (non-hydrogen) atoms. The minimum atomic E-state index is -0.737. The van der Waals surface area contributed by atoms with Crippen molar-refractivity contribution in [3.8, 4) is 5.75 Å². The maximum atomic E-state index is 13.1. The fourth-order valence-corrected chi connectivity index (χ4v) is 3.44. The lowest BCUT2D eigenvalue weighted by molar-refractivity contribution is -0.120. The normalized spacial score (nSPS) is 30.4. The molecule has 3 rings (SSSR count). The van der Waals surface area contributed by atoms with Gasteiger partial charge in [-0.25, -0.2) is 9.18 Å². The molecule has 0 saturated carbocycles. The van der Waals surface area contributed by atoms with Crippen LogP contribution in [0.1, 0.15) is 26.2 Å². The van der Waals surface area contributed by atoms with Gasteiger partial charge in [0.25, 0.3) is 0 Å². The first-order valence-electron chi connectivity index (χ1n) is 7.63. The molecule has 0 aliphatic carbocycles. The summed E-state index contributed by atoms with van der Waals surface area (Å²) in [5.74, 6) is -0.491. The summed E-state index contributed by atoms with van der Waals surface area (Å²) in [6, 6.07) is 5.19. The second kappa shape index (κ2) is 5.81. The van der Waals surface area contributed by atoms with Crippen LogP contribution in [0.2, 0.25) is 0 Å². The fraction of sp³-hybridized carbons (Fsp3) is 0.500. The topological polar surface area (TPSA) is 78.9 Å². The van der Waals surface area contributed by atoms with Gasteiger partial charge in [0.05, 0.1) is 18.1 Å². The Kier molecular flexibility index (Phi) is 3.97. The van der Waals surface area contributed by atoms with Gasteiger partial charge in [-0.15, -0.1) is 0 Å². The van der Waals surface area contributed by atoms with Crippen molar-refractivity contribution in [3.05, 3.63) is 30.1 Å². The molecule has 2 heterocycles. The fourth-order valence-electron chi connectivity index (χ4n) is 3.44. The number of halogens is 1. The molecule has 2 N–H and O–H groups in total. The number of carbonyl (C=O) groups excluding carboxylic acids is 2. The summed E-state index contributed by atoms with van der Waals surface area (Å²) < 4.78 is 18.3. The first kappa shape index (κ1) is 15.7. The lowest BCUT2D eigenvalue weighted by Gasteiger charge is -2.44. The van der Waals surface area contributed by atoms with Gasteiger partial charge >= 0.3 is 6.09 Å². The van der Waals surface area contributed by atoms with Gasteiger partial charge in [0.1, 0.15) is 11.6 Å². The number of hydrogen-bond donors (Lipinski definition) is 2. The average Bonchev–Trinajstić information content (AvgIpc) is 2.72. The third kappa shape index (κ3) is 3.01. The maximum Gasteiger partial charge on any atom is 0.415 e. The molecule has 1 aromatic rings. The van der Waals surface area contributed by atoms with Gasteiger partial charge in [-0.2, -0.15) is 0 Å². The number of rotatable bonds is 1. The van der Waals surface area contributed by atoms with E-state index in [4.69, 9.17) is 4.74 Å². The lowest BCUT2D eigenvalue weighted by Crippen LogP contribution is -2.60. The van der Waals surface area contributed by atoms with E-state index in [0.29, 0.717) is 19.4 Å². The van der Waals surface area contributed by atoms with Crippen LogP contribution in [-0.4, -0.2) is 46.2 Å². The summed E-state index contributed by atoms with van der Waals surface area (Å²) in [5, 5.41) is 13.0. The van der Waals surface area contributed by atoms with Crippen LogP contribution in [0.3, 0.4) is 0 Å². The van der Waals surface area contributed by atoms with Crippen LogP contribution < -0.4 is 10.1 Å². The number of aliphatic hydroxyl groups excluding tert-OH is 1. The number of ether oxygens (including phenoxy) is 1. The third-order valence-corrected chi connectivity index (χ3v) is 4.63. The highest BCUT2D eigenvalue weighted by Gasteiger charge is 2.50. The number of hydrogen-bond acceptors (Lipinski definition) is 4.